The first kappa shape index (κ1) is 13.6. The third-order valence-electron chi connectivity index (χ3n) is 4.35. The van der Waals surface area contributed by atoms with Gasteiger partial charge in [0.15, 0.2) is 0 Å². The quantitative estimate of drug-likeness (QED) is 0.884. The fraction of sp³-hybridized carbons (Fsp3) is 0.562. The van der Waals surface area contributed by atoms with Gasteiger partial charge in [0, 0.05) is 38.4 Å². The summed E-state index contributed by atoms with van der Waals surface area (Å²) in [6.45, 7) is 6.88. The summed E-state index contributed by atoms with van der Waals surface area (Å²) in [6, 6.07) is 8.36. The molecule has 0 radical (unpaired) electrons. The molecule has 0 aliphatic carbocycles. The van der Waals surface area contributed by atoms with E-state index >= 15 is 0 Å². The van der Waals surface area contributed by atoms with E-state index < -0.39 is 0 Å². The highest BCUT2D eigenvalue weighted by Crippen LogP contribution is 2.24. The Bertz CT molecular complexity index is 465. The van der Waals surface area contributed by atoms with Crippen LogP contribution in [0.1, 0.15) is 18.4 Å². The molecule has 2 saturated heterocycles. The van der Waals surface area contributed by atoms with Crippen molar-refractivity contribution < 1.29 is 4.79 Å². The van der Waals surface area contributed by atoms with Crippen molar-refractivity contribution in [1.29, 1.82) is 0 Å². The minimum atomic E-state index is 0.0761. The Morgan fingerprint density at radius 1 is 1.10 bits per heavy atom. The number of rotatable bonds is 2. The molecule has 0 bridgehead atoms. The first-order valence-electron chi connectivity index (χ1n) is 7.58. The molecule has 3 rings (SSSR count). The molecule has 1 N–H and O–H groups in total. The SMILES string of the molecule is Cc1ccc(N2CCCC(N3CCNCC3)C2=O)cc1. The van der Waals surface area contributed by atoms with E-state index in [2.05, 4.69) is 41.4 Å². The molecule has 2 heterocycles. The van der Waals surface area contributed by atoms with Gasteiger partial charge in [-0.25, -0.2) is 0 Å². The fourth-order valence-corrected chi connectivity index (χ4v) is 3.17. The monoisotopic (exact) mass is 273 g/mol. The minimum Gasteiger partial charge on any atom is -0.314 e. The lowest BCUT2D eigenvalue weighted by molar-refractivity contribution is -0.125. The molecule has 1 aromatic rings. The van der Waals surface area contributed by atoms with Crippen LogP contribution in [0, 0.1) is 6.92 Å². The molecule has 0 spiro atoms. The van der Waals surface area contributed by atoms with Gasteiger partial charge in [-0.15, -0.1) is 0 Å². The van der Waals surface area contributed by atoms with Gasteiger partial charge in [0.1, 0.15) is 0 Å². The molecular weight excluding hydrogens is 250 g/mol. The van der Waals surface area contributed by atoms with Gasteiger partial charge in [0.2, 0.25) is 5.91 Å². The number of aryl methyl sites for hydroxylation is 1. The van der Waals surface area contributed by atoms with Gasteiger partial charge in [-0.1, -0.05) is 17.7 Å². The Labute approximate surface area is 120 Å². The van der Waals surface area contributed by atoms with Crippen molar-refractivity contribution in [2.75, 3.05) is 37.6 Å². The van der Waals surface area contributed by atoms with Crippen LogP contribution in [-0.4, -0.2) is 49.6 Å². The van der Waals surface area contributed by atoms with Crippen LogP contribution in [0.4, 0.5) is 5.69 Å². The Morgan fingerprint density at radius 3 is 2.50 bits per heavy atom. The lowest BCUT2D eigenvalue weighted by atomic mass is 10.0. The van der Waals surface area contributed by atoms with Crippen LogP contribution < -0.4 is 10.2 Å². The number of hydrogen-bond donors (Lipinski definition) is 1. The van der Waals surface area contributed by atoms with Crippen molar-refractivity contribution in [3.63, 3.8) is 0 Å². The molecule has 0 aromatic heterocycles. The maximum atomic E-state index is 12.8. The van der Waals surface area contributed by atoms with E-state index in [1.165, 1.54) is 5.56 Å². The summed E-state index contributed by atoms with van der Waals surface area (Å²) >= 11 is 0. The maximum absolute atomic E-state index is 12.8. The molecule has 4 heteroatoms. The molecule has 1 unspecified atom stereocenters. The molecule has 0 saturated carbocycles. The molecule has 1 amide bonds. The van der Waals surface area contributed by atoms with Gasteiger partial charge in [-0.2, -0.15) is 0 Å². The van der Waals surface area contributed by atoms with Gasteiger partial charge >= 0.3 is 0 Å². The molecular formula is C16H23N3O. The Hall–Kier alpha value is -1.39. The van der Waals surface area contributed by atoms with E-state index in [0.717, 1.165) is 51.3 Å². The molecule has 108 valence electrons. The third-order valence-corrected chi connectivity index (χ3v) is 4.35. The zero-order valence-corrected chi connectivity index (χ0v) is 12.1. The van der Waals surface area contributed by atoms with E-state index in [-0.39, 0.29) is 11.9 Å². The van der Waals surface area contributed by atoms with Crippen LogP contribution >= 0.6 is 0 Å². The van der Waals surface area contributed by atoms with Crippen molar-refractivity contribution in [1.82, 2.24) is 10.2 Å². The molecule has 1 atom stereocenters. The Kier molecular flexibility index (Phi) is 4.03. The van der Waals surface area contributed by atoms with Gasteiger partial charge in [0.05, 0.1) is 6.04 Å². The van der Waals surface area contributed by atoms with E-state index in [0.29, 0.717) is 0 Å². The smallest absolute Gasteiger partial charge is 0.244 e. The first-order valence-corrected chi connectivity index (χ1v) is 7.58. The Morgan fingerprint density at radius 2 is 1.80 bits per heavy atom. The van der Waals surface area contributed by atoms with Crippen LogP contribution in [0.2, 0.25) is 0 Å². The Balaban J connectivity index is 1.75. The average molecular weight is 273 g/mol. The van der Waals surface area contributed by atoms with E-state index in [9.17, 15) is 4.79 Å². The van der Waals surface area contributed by atoms with Gasteiger partial charge in [-0.05, 0) is 31.9 Å². The van der Waals surface area contributed by atoms with Crippen LogP contribution in [0.3, 0.4) is 0 Å². The van der Waals surface area contributed by atoms with Crippen LogP contribution in [0.15, 0.2) is 24.3 Å². The standard InChI is InChI=1S/C16H23N3O/c1-13-4-6-14(7-5-13)19-10-2-3-15(16(19)20)18-11-8-17-9-12-18/h4-7,15,17H,2-3,8-12H2,1H3. The summed E-state index contributed by atoms with van der Waals surface area (Å²) in [4.78, 5) is 17.1. The summed E-state index contributed by atoms with van der Waals surface area (Å²) < 4.78 is 0. The number of piperidine rings is 1. The molecule has 2 aliphatic rings. The highest BCUT2D eigenvalue weighted by Gasteiger charge is 2.34. The van der Waals surface area contributed by atoms with Crippen LogP contribution in [-0.2, 0) is 4.79 Å². The second-order valence-electron chi connectivity index (χ2n) is 5.77. The number of nitrogens with one attached hydrogen (secondary N) is 1. The lowest BCUT2D eigenvalue weighted by Gasteiger charge is -2.40. The van der Waals surface area contributed by atoms with Gasteiger partial charge in [0.25, 0.3) is 0 Å². The summed E-state index contributed by atoms with van der Waals surface area (Å²) in [5.74, 6) is 0.280. The number of nitrogens with zero attached hydrogens (tertiary/aromatic N) is 2. The third kappa shape index (κ3) is 2.72. The molecule has 20 heavy (non-hydrogen) atoms. The van der Waals surface area contributed by atoms with E-state index in [1.807, 2.05) is 4.90 Å². The summed E-state index contributed by atoms with van der Waals surface area (Å²) in [5, 5.41) is 3.35. The highest BCUT2D eigenvalue weighted by molar-refractivity contribution is 5.97. The van der Waals surface area contributed by atoms with Crippen molar-refractivity contribution in [3.8, 4) is 0 Å². The first-order chi connectivity index (χ1) is 9.75. The number of piperazine rings is 1. The van der Waals surface area contributed by atoms with Crippen molar-refractivity contribution in [2.45, 2.75) is 25.8 Å². The van der Waals surface area contributed by atoms with Crippen molar-refractivity contribution in [3.05, 3.63) is 29.8 Å². The summed E-state index contributed by atoms with van der Waals surface area (Å²) in [5.41, 5.74) is 2.28. The normalized spacial score (nSPS) is 24.9. The summed E-state index contributed by atoms with van der Waals surface area (Å²) in [7, 11) is 0. The predicted molar refractivity (Wildman–Crippen MR) is 81.0 cm³/mol. The number of carbonyl (C=O) groups is 1. The maximum Gasteiger partial charge on any atom is 0.244 e. The number of amides is 1. The number of carbonyl (C=O) groups excluding carboxylic acids is 1. The lowest BCUT2D eigenvalue weighted by Crippen LogP contribution is -2.57. The zero-order chi connectivity index (χ0) is 13.9. The van der Waals surface area contributed by atoms with Crippen LogP contribution in [0.5, 0.6) is 0 Å². The molecule has 1 aromatic carbocycles. The molecule has 4 nitrogen and oxygen atoms in total. The highest BCUT2D eigenvalue weighted by atomic mass is 16.2. The molecule has 2 fully saturated rings. The van der Waals surface area contributed by atoms with Crippen LogP contribution in [0.25, 0.3) is 0 Å². The van der Waals surface area contributed by atoms with Crippen molar-refractivity contribution >= 4 is 11.6 Å². The van der Waals surface area contributed by atoms with E-state index in [1.54, 1.807) is 0 Å². The largest absolute Gasteiger partial charge is 0.314 e. The number of hydrogen-bond acceptors (Lipinski definition) is 3. The number of anilines is 1. The summed E-state index contributed by atoms with van der Waals surface area (Å²) in [6.07, 6.45) is 2.09. The fourth-order valence-electron chi connectivity index (χ4n) is 3.17. The predicted octanol–water partition coefficient (Wildman–Crippen LogP) is 1.40. The second kappa shape index (κ2) is 5.94. The van der Waals surface area contributed by atoms with Gasteiger partial charge in [-0.3, -0.25) is 9.69 Å². The minimum absolute atomic E-state index is 0.0761. The number of benzene rings is 1. The second-order valence-corrected chi connectivity index (χ2v) is 5.77. The average Bonchev–Trinajstić information content (AvgIpc) is 2.49. The topological polar surface area (TPSA) is 35.6 Å². The van der Waals surface area contributed by atoms with Gasteiger partial charge < -0.3 is 10.2 Å². The van der Waals surface area contributed by atoms with E-state index in [4.69, 9.17) is 0 Å². The zero-order valence-electron chi connectivity index (χ0n) is 12.1. The van der Waals surface area contributed by atoms with Crippen molar-refractivity contribution in [2.24, 2.45) is 0 Å². The molecule has 2 aliphatic heterocycles.